The van der Waals surface area contributed by atoms with Crippen LogP contribution in [0.4, 0.5) is 0 Å². The normalized spacial score (nSPS) is 19.9. The van der Waals surface area contributed by atoms with Gasteiger partial charge in [-0.25, -0.2) is 0 Å². The van der Waals surface area contributed by atoms with E-state index in [-0.39, 0.29) is 0 Å². The van der Waals surface area contributed by atoms with E-state index in [2.05, 4.69) is 17.1 Å². The lowest BCUT2D eigenvalue weighted by Gasteiger charge is -2.24. The Kier molecular flexibility index (Phi) is 4.49. The monoisotopic (exact) mass is 294 g/mol. The fourth-order valence-electron chi connectivity index (χ4n) is 3.20. The molecule has 0 bridgehead atoms. The van der Waals surface area contributed by atoms with E-state index in [1.807, 2.05) is 12.1 Å². The maximum absolute atomic E-state index is 6.18. The lowest BCUT2D eigenvalue weighted by molar-refractivity contribution is 0.251. The van der Waals surface area contributed by atoms with Gasteiger partial charge in [0.05, 0.1) is 6.61 Å². The van der Waals surface area contributed by atoms with Crippen molar-refractivity contribution in [1.29, 1.82) is 0 Å². The zero-order valence-electron chi connectivity index (χ0n) is 12.1. The molecule has 2 aliphatic heterocycles. The number of nitrogens with zero attached hydrogens (tertiary/aromatic N) is 1. The summed E-state index contributed by atoms with van der Waals surface area (Å²) in [4.78, 5) is 2.56. The predicted octanol–water partition coefficient (Wildman–Crippen LogP) is 2.85. The van der Waals surface area contributed by atoms with Crippen molar-refractivity contribution in [3.8, 4) is 5.75 Å². The third-order valence-corrected chi connectivity index (χ3v) is 4.56. The van der Waals surface area contributed by atoms with E-state index in [1.54, 1.807) is 0 Å². The van der Waals surface area contributed by atoms with Crippen LogP contribution in [0.5, 0.6) is 5.75 Å². The van der Waals surface area contributed by atoms with Crippen molar-refractivity contribution >= 4 is 11.6 Å². The molecule has 20 heavy (non-hydrogen) atoms. The Labute approximate surface area is 126 Å². The van der Waals surface area contributed by atoms with Crippen molar-refractivity contribution in [3.63, 3.8) is 0 Å². The van der Waals surface area contributed by atoms with Crippen LogP contribution in [0.2, 0.25) is 5.02 Å². The Morgan fingerprint density at radius 3 is 2.95 bits per heavy atom. The third kappa shape index (κ3) is 3.11. The standard InChI is InChI=1S/C16H23ClN2O/c1-12(19-5-2-3-6-19)10-18-11-14-9-15(17)8-13-4-7-20-16(13)14/h8-9,12,18H,2-7,10-11H2,1H3. The van der Waals surface area contributed by atoms with E-state index in [0.29, 0.717) is 6.04 Å². The molecule has 4 heteroatoms. The molecule has 0 radical (unpaired) electrons. The summed E-state index contributed by atoms with van der Waals surface area (Å²) in [5.41, 5.74) is 2.44. The molecule has 1 aromatic rings. The first-order chi connectivity index (χ1) is 9.74. The average Bonchev–Trinajstić information content (AvgIpc) is 3.09. The fraction of sp³-hybridized carbons (Fsp3) is 0.625. The van der Waals surface area contributed by atoms with Crippen LogP contribution in [0.1, 0.15) is 30.9 Å². The SMILES string of the molecule is CC(CNCc1cc(Cl)cc2c1OCC2)N1CCCC1. The molecule has 1 N–H and O–H groups in total. The lowest BCUT2D eigenvalue weighted by Crippen LogP contribution is -2.38. The van der Waals surface area contributed by atoms with E-state index in [9.17, 15) is 0 Å². The molecule has 2 aliphatic rings. The molecule has 110 valence electrons. The van der Waals surface area contributed by atoms with Gasteiger partial charge in [-0.2, -0.15) is 0 Å². The second-order valence-corrected chi connectivity index (χ2v) is 6.31. The molecule has 1 unspecified atom stereocenters. The molecule has 1 atom stereocenters. The minimum absolute atomic E-state index is 0.602. The van der Waals surface area contributed by atoms with Gasteiger partial charge in [-0.1, -0.05) is 11.6 Å². The Hall–Kier alpha value is -0.770. The van der Waals surface area contributed by atoms with Crippen LogP contribution in [0.25, 0.3) is 0 Å². The largest absolute Gasteiger partial charge is 0.493 e. The van der Waals surface area contributed by atoms with Gasteiger partial charge in [0.2, 0.25) is 0 Å². The van der Waals surface area contributed by atoms with Crippen LogP contribution in [0.3, 0.4) is 0 Å². The van der Waals surface area contributed by atoms with Gasteiger partial charge >= 0.3 is 0 Å². The van der Waals surface area contributed by atoms with Crippen molar-refractivity contribution in [2.24, 2.45) is 0 Å². The van der Waals surface area contributed by atoms with Crippen LogP contribution in [0.15, 0.2) is 12.1 Å². The molecule has 3 nitrogen and oxygen atoms in total. The Balaban J connectivity index is 1.56. The summed E-state index contributed by atoms with van der Waals surface area (Å²) in [5.74, 6) is 1.05. The quantitative estimate of drug-likeness (QED) is 0.904. The summed E-state index contributed by atoms with van der Waals surface area (Å²) in [7, 11) is 0. The number of rotatable bonds is 5. The summed E-state index contributed by atoms with van der Waals surface area (Å²) in [6.45, 7) is 7.43. The number of halogens is 1. The summed E-state index contributed by atoms with van der Waals surface area (Å²) in [6.07, 6.45) is 3.67. The highest BCUT2D eigenvalue weighted by molar-refractivity contribution is 6.30. The highest BCUT2D eigenvalue weighted by Gasteiger charge is 2.19. The van der Waals surface area contributed by atoms with Gasteiger partial charge in [-0.15, -0.1) is 0 Å². The molecule has 1 saturated heterocycles. The molecule has 2 heterocycles. The number of hydrogen-bond acceptors (Lipinski definition) is 3. The van der Waals surface area contributed by atoms with Gasteiger partial charge < -0.3 is 10.1 Å². The first-order valence-corrected chi connectivity index (χ1v) is 8.00. The van der Waals surface area contributed by atoms with Gasteiger partial charge in [0.1, 0.15) is 5.75 Å². The third-order valence-electron chi connectivity index (χ3n) is 4.34. The van der Waals surface area contributed by atoms with E-state index in [1.165, 1.54) is 37.1 Å². The molecular formula is C16H23ClN2O. The number of fused-ring (bicyclic) bond motifs is 1. The number of benzene rings is 1. The molecule has 3 rings (SSSR count). The van der Waals surface area contributed by atoms with Crippen molar-refractivity contribution < 1.29 is 4.74 Å². The van der Waals surface area contributed by atoms with Crippen molar-refractivity contribution in [3.05, 3.63) is 28.3 Å². The predicted molar refractivity (Wildman–Crippen MR) is 82.6 cm³/mol. The number of likely N-dealkylation sites (tertiary alicyclic amines) is 1. The Morgan fingerprint density at radius 2 is 2.15 bits per heavy atom. The zero-order valence-corrected chi connectivity index (χ0v) is 12.9. The minimum Gasteiger partial charge on any atom is -0.493 e. The highest BCUT2D eigenvalue weighted by Crippen LogP contribution is 2.32. The minimum atomic E-state index is 0.602. The van der Waals surface area contributed by atoms with Gasteiger partial charge in [0.25, 0.3) is 0 Å². The topological polar surface area (TPSA) is 24.5 Å². The van der Waals surface area contributed by atoms with Crippen LogP contribution in [-0.4, -0.2) is 37.2 Å². The second kappa shape index (κ2) is 6.33. The molecule has 0 amide bonds. The van der Waals surface area contributed by atoms with E-state index in [4.69, 9.17) is 16.3 Å². The van der Waals surface area contributed by atoms with Crippen molar-refractivity contribution in [2.75, 3.05) is 26.2 Å². The average molecular weight is 295 g/mol. The molecule has 0 aromatic heterocycles. The number of ether oxygens (including phenoxy) is 1. The molecule has 1 fully saturated rings. The summed E-state index contributed by atoms with van der Waals surface area (Å²) in [5, 5.41) is 4.37. The van der Waals surface area contributed by atoms with Crippen LogP contribution < -0.4 is 10.1 Å². The van der Waals surface area contributed by atoms with Crippen molar-refractivity contribution in [1.82, 2.24) is 10.2 Å². The van der Waals surface area contributed by atoms with Gasteiger partial charge in [0, 0.05) is 36.1 Å². The molecule has 0 aliphatic carbocycles. The summed E-state index contributed by atoms with van der Waals surface area (Å²) >= 11 is 6.18. The van der Waals surface area contributed by atoms with E-state index >= 15 is 0 Å². The van der Waals surface area contributed by atoms with Gasteiger partial charge in [-0.05, 0) is 50.6 Å². The smallest absolute Gasteiger partial charge is 0.127 e. The lowest BCUT2D eigenvalue weighted by atomic mass is 10.1. The highest BCUT2D eigenvalue weighted by atomic mass is 35.5. The van der Waals surface area contributed by atoms with Crippen LogP contribution >= 0.6 is 11.6 Å². The van der Waals surface area contributed by atoms with E-state index < -0.39 is 0 Å². The summed E-state index contributed by atoms with van der Waals surface area (Å²) < 4.78 is 5.73. The number of nitrogens with one attached hydrogen (secondary N) is 1. The maximum atomic E-state index is 6.18. The first-order valence-electron chi connectivity index (χ1n) is 7.63. The van der Waals surface area contributed by atoms with Crippen LogP contribution in [0, 0.1) is 0 Å². The zero-order chi connectivity index (χ0) is 13.9. The Morgan fingerprint density at radius 1 is 1.35 bits per heavy atom. The fourth-order valence-corrected chi connectivity index (χ4v) is 3.47. The number of hydrogen-bond donors (Lipinski definition) is 1. The van der Waals surface area contributed by atoms with Crippen LogP contribution in [-0.2, 0) is 13.0 Å². The molecule has 0 spiro atoms. The maximum Gasteiger partial charge on any atom is 0.127 e. The molecule has 0 saturated carbocycles. The van der Waals surface area contributed by atoms with Gasteiger partial charge in [0.15, 0.2) is 0 Å². The first kappa shape index (κ1) is 14.2. The molecular weight excluding hydrogens is 272 g/mol. The van der Waals surface area contributed by atoms with Gasteiger partial charge in [-0.3, -0.25) is 4.90 Å². The Bertz CT molecular complexity index is 472. The second-order valence-electron chi connectivity index (χ2n) is 5.87. The van der Waals surface area contributed by atoms with E-state index in [0.717, 1.165) is 36.9 Å². The van der Waals surface area contributed by atoms with Crippen molar-refractivity contribution in [2.45, 2.75) is 38.8 Å². The summed E-state index contributed by atoms with van der Waals surface area (Å²) in [6, 6.07) is 4.66. The molecule has 1 aromatic carbocycles.